The number of fused-ring (bicyclic) bond motifs is 1. The molecule has 0 unspecified atom stereocenters. The molecule has 12 heavy (non-hydrogen) atoms. The minimum atomic E-state index is -0.267. The predicted octanol–water partition coefficient (Wildman–Crippen LogP) is 1.59. The summed E-state index contributed by atoms with van der Waals surface area (Å²) in [6, 6.07) is 0.123. The van der Waals surface area contributed by atoms with Crippen LogP contribution in [-0.4, -0.2) is 18.2 Å². The zero-order valence-electron chi connectivity index (χ0n) is 6.95. The third kappa shape index (κ3) is 1.44. The van der Waals surface area contributed by atoms with Crippen LogP contribution in [0.1, 0.15) is 25.7 Å². The van der Waals surface area contributed by atoms with Crippen LogP contribution in [0.5, 0.6) is 0 Å². The van der Waals surface area contributed by atoms with E-state index < -0.39 is 0 Å². The molecule has 1 fully saturated rings. The number of carbonyl (C=O) groups excluding carboxylic acids is 1. The molecule has 0 saturated carbocycles. The van der Waals surface area contributed by atoms with Crippen LogP contribution in [0.4, 0.5) is 4.79 Å². The van der Waals surface area contributed by atoms with Crippen molar-refractivity contribution in [3.63, 3.8) is 0 Å². The fourth-order valence-electron chi connectivity index (χ4n) is 1.73. The third-order valence-electron chi connectivity index (χ3n) is 2.40. The van der Waals surface area contributed by atoms with Crippen molar-refractivity contribution in [1.29, 1.82) is 0 Å². The molecule has 1 heterocycles. The van der Waals surface area contributed by atoms with Crippen LogP contribution < -0.4 is 5.32 Å². The van der Waals surface area contributed by atoms with Gasteiger partial charge >= 0.3 is 6.09 Å². The molecule has 66 valence electrons. The third-order valence-corrected chi connectivity index (χ3v) is 2.40. The van der Waals surface area contributed by atoms with Gasteiger partial charge in [0.05, 0.1) is 6.04 Å². The number of ether oxygens (including phenoxy) is 1. The van der Waals surface area contributed by atoms with Crippen LogP contribution in [0, 0.1) is 0 Å². The SMILES string of the molecule is O=C1N[C@@H]2/C=C/CCCC[C@H]2O1. The van der Waals surface area contributed by atoms with E-state index in [1.165, 1.54) is 6.42 Å². The summed E-state index contributed by atoms with van der Waals surface area (Å²) in [5.74, 6) is 0. The van der Waals surface area contributed by atoms with E-state index in [-0.39, 0.29) is 18.2 Å². The van der Waals surface area contributed by atoms with Gasteiger partial charge in [-0.3, -0.25) is 0 Å². The maximum Gasteiger partial charge on any atom is 0.408 e. The average molecular weight is 167 g/mol. The molecule has 1 aliphatic carbocycles. The van der Waals surface area contributed by atoms with Crippen molar-refractivity contribution in [3.8, 4) is 0 Å². The van der Waals surface area contributed by atoms with E-state index in [2.05, 4.69) is 17.5 Å². The van der Waals surface area contributed by atoms with Gasteiger partial charge in [0.1, 0.15) is 6.10 Å². The quantitative estimate of drug-likeness (QED) is 0.556. The first-order valence-electron chi connectivity index (χ1n) is 4.50. The van der Waals surface area contributed by atoms with Gasteiger partial charge < -0.3 is 10.1 Å². The van der Waals surface area contributed by atoms with Gasteiger partial charge in [0.25, 0.3) is 0 Å². The summed E-state index contributed by atoms with van der Waals surface area (Å²) in [4.78, 5) is 10.9. The molecule has 0 aromatic rings. The molecule has 1 N–H and O–H groups in total. The molecule has 1 aliphatic heterocycles. The van der Waals surface area contributed by atoms with Crippen molar-refractivity contribution in [2.75, 3.05) is 0 Å². The molecule has 0 aromatic heterocycles. The Hall–Kier alpha value is -0.990. The van der Waals surface area contributed by atoms with Gasteiger partial charge in [-0.25, -0.2) is 4.79 Å². The number of hydrogen-bond acceptors (Lipinski definition) is 2. The minimum Gasteiger partial charge on any atom is -0.444 e. The molecule has 0 spiro atoms. The highest BCUT2D eigenvalue weighted by atomic mass is 16.6. The van der Waals surface area contributed by atoms with E-state index in [9.17, 15) is 4.79 Å². The fourth-order valence-corrected chi connectivity index (χ4v) is 1.73. The van der Waals surface area contributed by atoms with E-state index in [0.29, 0.717) is 0 Å². The van der Waals surface area contributed by atoms with Gasteiger partial charge in [-0.1, -0.05) is 12.2 Å². The molecular formula is C9H13NO2. The molecule has 2 rings (SSSR count). The maximum absolute atomic E-state index is 10.9. The molecule has 3 nitrogen and oxygen atoms in total. The number of alkyl carbamates (subject to hydrolysis) is 1. The Labute approximate surface area is 71.8 Å². The van der Waals surface area contributed by atoms with Gasteiger partial charge in [0, 0.05) is 0 Å². The predicted molar refractivity (Wildman–Crippen MR) is 44.8 cm³/mol. The summed E-state index contributed by atoms with van der Waals surface area (Å²) in [6.07, 6.45) is 8.47. The van der Waals surface area contributed by atoms with E-state index >= 15 is 0 Å². The Balaban J connectivity index is 2.07. The lowest BCUT2D eigenvalue weighted by Gasteiger charge is -2.15. The summed E-state index contributed by atoms with van der Waals surface area (Å²) in [6.45, 7) is 0. The lowest BCUT2D eigenvalue weighted by Crippen LogP contribution is -2.29. The fraction of sp³-hybridized carbons (Fsp3) is 0.667. The van der Waals surface area contributed by atoms with E-state index in [0.717, 1.165) is 19.3 Å². The minimum absolute atomic E-state index is 0.0778. The topological polar surface area (TPSA) is 38.3 Å². The average Bonchev–Trinajstić information content (AvgIpc) is 2.32. The van der Waals surface area contributed by atoms with Crippen molar-refractivity contribution < 1.29 is 9.53 Å². The zero-order chi connectivity index (χ0) is 8.39. The molecular weight excluding hydrogens is 154 g/mol. The van der Waals surface area contributed by atoms with Crippen LogP contribution in [-0.2, 0) is 4.74 Å². The lowest BCUT2D eigenvalue weighted by molar-refractivity contribution is 0.128. The van der Waals surface area contributed by atoms with Crippen molar-refractivity contribution in [2.24, 2.45) is 0 Å². The van der Waals surface area contributed by atoms with Crippen LogP contribution >= 0.6 is 0 Å². The molecule has 3 heteroatoms. The maximum atomic E-state index is 10.9. The molecule has 1 amide bonds. The smallest absolute Gasteiger partial charge is 0.408 e. The second kappa shape index (κ2) is 3.17. The number of allylic oxidation sites excluding steroid dienone is 1. The molecule has 0 aromatic carbocycles. The Kier molecular flexibility index (Phi) is 2.02. The van der Waals surface area contributed by atoms with Crippen molar-refractivity contribution in [3.05, 3.63) is 12.2 Å². The van der Waals surface area contributed by atoms with Gasteiger partial charge in [-0.15, -0.1) is 0 Å². The van der Waals surface area contributed by atoms with Gasteiger partial charge in [0.15, 0.2) is 0 Å². The summed E-state index contributed by atoms with van der Waals surface area (Å²) in [7, 11) is 0. The van der Waals surface area contributed by atoms with E-state index in [1.807, 2.05) is 0 Å². The normalized spacial score (nSPS) is 37.2. The summed E-state index contributed by atoms with van der Waals surface area (Å²) in [5.41, 5.74) is 0. The van der Waals surface area contributed by atoms with Gasteiger partial charge in [-0.05, 0) is 25.7 Å². The Morgan fingerprint density at radius 1 is 1.50 bits per heavy atom. The molecule has 2 aliphatic rings. The highest BCUT2D eigenvalue weighted by molar-refractivity contribution is 5.70. The van der Waals surface area contributed by atoms with Crippen LogP contribution in [0.25, 0.3) is 0 Å². The molecule has 1 saturated heterocycles. The number of rotatable bonds is 0. The van der Waals surface area contributed by atoms with Crippen molar-refractivity contribution >= 4 is 6.09 Å². The Morgan fingerprint density at radius 2 is 2.42 bits per heavy atom. The van der Waals surface area contributed by atoms with Gasteiger partial charge in [-0.2, -0.15) is 0 Å². The van der Waals surface area contributed by atoms with Crippen molar-refractivity contribution in [2.45, 2.75) is 37.8 Å². The number of nitrogens with one attached hydrogen (secondary N) is 1. The van der Waals surface area contributed by atoms with E-state index in [1.54, 1.807) is 0 Å². The standard InChI is InChI=1S/C9H13NO2/c11-9-10-7-5-3-1-2-4-6-8(7)12-9/h3,5,7-8H,1-2,4,6H2,(H,10,11)/b5-3+/t7-,8-/m1/s1. The number of amides is 1. The highest BCUT2D eigenvalue weighted by Gasteiger charge is 2.31. The lowest BCUT2D eigenvalue weighted by atomic mass is 10.0. The monoisotopic (exact) mass is 167 g/mol. The first-order valence-corrected chi connectivity index (χ1v) is 4.50. The van der Waals surface area contributed by atoms with Crippen LogP contribution in [0.2, 0.25) is 0 Å². The second-order valence-electron chi connectivity index (χ2n) is 3.33. The van der Waals surface area contributed by atoms with Crippen molar-refractivity contribution in [1.82, 2.24) is 5.32 Å². The Morgan fingerprint density at radius 3 is 3.33 bits per heavy atom. The summed E-state index contributed by atoms with van der Waals surface area (Å²) in [5, 5.41) is 2.78. The first-order chi connectivity index (χ1) is 5.86. The van der Waals surface area contributed by atoms with E-state index in [4.69, 9.17) is 4.74 Å². The van der Waals surface area contributed by atoms with Gasteiger partial charge in [0.2, 0.25) is 0 Å². The summed E-state index contributed by atoms with van der Waals surface area (Å²) < 4.78 is 5.10. The number of carbonyl (C=O) groups is 1. The summed E-state index contributed by atoms with van der Waals surface area (Å²) >= 11 is 0. The van der Waals surface area contributed by atoms with Crippen LogP contribution in [0.15, 0.2) is 12.2 Å². The van der Waals surface area contributed by atoms with Crippen LogP contribution in [0.3, 0.4) is 0 Å². The highest BCUT2D eigenvalue weighted by Crippen LogP contribution is 2.19. The molecule has 2 atom stereocenters. The molecule has 0 radical (unpaired) electrons. The first kappa shape index (κ1) is 7.65. The zero-order valence-corrected chi connectivity index (χ0v) is 6.95. The largest absolute Gasteiger partial charge is 0.444 e. The Bertz CT molecular complexity index is 213. The molecule has 0 bridgehead atoms. The second-order valence-corrected chi connectivity index (χ2v) is 3.33. The number of hydrogen-bond donors (Lipinski definition) is 1.